The van der Waals surface area contributed by atoms with Gasteiger partial charge in [-0.15, -0.1) is 0 Å². The van der Waals surface area contributed by atoms with Crippen LogP contribution >= 0.6 is 23.2 Å². The fourth-order valence-electron chi connectivity index (χ4n) is 4.47. The smallest absolute Gasteiger partial charge is 0.415 e. The number of unbranched alkanes of at least 4 members (excludes halogenated alkanes) is 1. The number of carbonyl (C=O) groups excluding carboxylic acids is 2. The molecule has 6 nitrogen and oxygen atoms in total. The van der Waals surface area contributed by atoms with Crippen molar-refractivity contribution >= 4 is 46.8 Å². The summed E-state index contributed by atoms with van der Waals surface area (Å²) >= 11 is 12.0. The van der Waals surface area contributed by atoms with Crippen LogP contribution in [0.2, 0.25) is 10.0 Å². The maximum atomic E-state index is 14.6. The lowest BCUT2D eigenvalue weighted by Gasteiger charge is -2.42. The number of anilines is 2. The van der Waals surface area contributed by atoms with Crippen LogP contribution in [0.1, 0.15) is 44.2 Å². The summed E-state index contributed by atoms with van der Waals surface area (Å²) in [5.74, 6) is 8.65. The van der Waals surface area contributed by atoms with Gasteiger partial charge in [0.1, 0.15) is 6.04 Å². The van der Waals surface area contributed by atoms with Crippen molar-refractivity contribution in [2.75, 3.05) is 10.2 Å². The van der Waals surface area contributed by atoms with Crippen molar-refractivity contribution in [3.8, 4) is 23.7 Å². The summed E-state index contributed by atoms with van der Waals surface area (Å²) < 4.78 is 97.1. The second-order valence-corrected chi connectivity index (χ2v) is 10.1. The SMILES string of the molecule is CCCC#C[C@]1(C(F)(F)F)OC(=O)N(C(C#C[C@]2(C(F)(F)F)OC(=O)Nc3ccc(Cl)cc32)CC)c2ccc(Cl)cc21. The molecule has 42 heavy (non-hydrogen) atoms. The number of amides is 2. The van der Waals surface area contributed by atoms with Crippen LogP contribution in [0.25, 0.3) is 0 Å². The van der Waals surface area contributed by atoms with E-state index in [9.17, 15) is 35.9 Å². The van der Waals surface area contributed by atoms with Gasteiger partial charge in [-0.3, -0.25) is 10.2 Å². The number of benzene rings is 2. The van der Waals surface area contributed by atoms with Gasteiger partial charge in [-0.25, -0.2) is 9.59 Å². The zero-order valence-electron chi connectivity index (χ0n) is 21.8. The molecule has 2 aliphatic heterocycles. The highest BCUT2D eigenvalue weighted by Crippen LogP contribution is 2.51. The van der Waals surface area contributed by atoms with E-state index in [4.69, 9.17) is 32.7 Å². The van der Waals surface area contributed by atoms with Gasteiger partial charge in [-0.1, -0.05) is 48.9 Å². The van der Waals surface area contributed by atoms with Crippen LogP contribution in [0.15, 0.2) is 36.4 Å². The molecule has 0 saturated heterocycles. The van der Waals surface area contributed by atoms with Crippen LogP contribution in [-0.4, -0.2) is 30.6 Å². The fraction of sp³-hybridized carbons (Fsp3) is 0.357. The number of fused-ring (bicyclic) bond motifs is 2. The van der Waals surface area contributed by atoms with Crippen LogP contribution < -0.4 is 10.2 Å². The van der Waals surface area contributed by atoms with Gasteiger partial charge in [-0.2, -0.15) is 26.3 Å². The largest absolute Gasteiger partial charge is 0.445 e. The van der Waals surface area contributed by atoms with Crippen molar-refractivity contribution in [1.82, 2.24) is 0 Å². The van der Waals surface area contributed by atoms with E-state index in [1.807, 2.05) is 11.8 Å². The van der Waals surface area contributed by atoms with Gasteiger partial charge in [0.15, 0.2) is 0 Å². The Kier molecular flexibility index (Phi) is 8.29. The second kappa shape index (κ2) is 11.2. The van der Waals surface area contributed by atoms with Gasteiger partial charge in [0, 0.05) is 27.6 Å². The zero-order valence-corrected chi connectivity index (χ0v) is 23.3. The fourth-order valence-corrected chi connectivity index (χ4v) is 4.81. The lowest BCUT2D eigenvalue weighted by atomic mass is 9.88. The molecule has 0 spiro atoms. The number of rotatable bonds is 3. The van der Waals surface area contributed by atoms with E-state index < -0.39 is 52.9 Å². The minimum atomic E-state index is -5.30. The molecule has 0 radical (unpaired) electrons. The Morgan fingerprint density at radius 1 is 0.905 bits per heavy atom. The van der Waals surface area contributed by atoms with E-state index in [2.05, 4.69) is 17.2 Å². The van der Waals surface area contributed by atoms with Crippen molar-refractivity contribution in [3.05, 3.63) is 57.6 Å². The molecule has 0 aromatic heterocycles. The van der Waals surface area contributed by atoms with Gasteiger partial charge < -0.3 is 9.47 Å². The Balaban J connectivity index is 1.92. The molecule has 0 aliphatic carbocycles. The quantitative estimate of drug-likeness (QED) is 0.273. The van der Waals surface area contributed by atoms with Crippen LogP contribution in [0.5, 0.6) is 0 Å². The molecule has 0 saturated carbocycles. The molecule has 0 fully saturated rings. The van der Waals surface area contributed by atoms with Gasteiger partial charge in [-0.05, 0) is 61.1 Å². The monoisotopic (exact) mass is 632 g/mol. The number of nitrogens with one attached hydrogen (secondary N) is 1. The molecule has 222 valence electrons. The van der Waals surface area contributed by atoms with Crippen LogP contribution in [0.4, 0.5) is 47.3 Å². The van der Waals surface area contributed by atoms with E-state index in [0.29, 0.717) is 11.3 Å². The predicted octanol–water partition coefficient (Wildman–Crippen LogP) is 8.31. The highest BCUT2D eigenvalue weighted by molar-refractivity contribution is 6.31. The average molecular weight is 633 g/mol. The third kappa shape index (κ3) is 5.30. The molecule has 1 unspecified atom stereocenters. The minimum Gasteiger partial charge on any atom is -0.415 e. The van der Waals surface area contributed by atoms with Crippen LogP contribution in [0, 0.1) is 23.7 Å². The first-order valence-electron chi connectivity index (χ1n) is 12.4. The second-order valence-electron chi connectivity index (χ2n) is 9.21. The molecule has 14 heteroatoms. The first-order chi connectivity index (χ1) is 19.6. The first kappa shape index (κ1) is 31.2. The number of hydrogen-bond donors (Lipinski definition) is 1. The molecular formula is C28H20Cl2F6N2O4. The van der Waals surface area contributed by atoms with Crippen molar-refractivity contribution in [2.24, 2.45) is 0 Å². The Labute approximate surface area is 246 Å². The molecule has 2 aliphatic rings. The lowest BCUT2D eigenvalue weighted by Crippen LogP contribution is -2.55. The maximum absolute atomic E-state index is 14.6. The maximum Gasteiger partial charge on any atom is 0.445 e. The Morgan fingerprint density at radius 3 is 2.10 bits per heavy atom. The third-order valence-electron chi connectivity index (χ3n) is 6.43. The Bertz CT molecular complexity index is 1560. The van der Waals surface area contributed by atoms with E-state index in [1.54, 1.807) is 6.92 Å². The van der Waals surface area contributed by atoms with Gasteiger partial charge in [0.05, 0.1) is 11.4 Å². The summed E-state index contributed by atoms with van der Waals surface area (Å²) in [7, 11) is 0. The number of halogens is 8. The zero-order chi connectivity index (χ0) is 31.1. The van der Waals surface area contributed by atoms with E-state index in [0.717, 1.165) is 24.3 Å². The summed E-state index contributed by atoms with van der Waals surface area (Å²) in [6.07, 6.45) is -13.2. The number of alkyl halides is 6. The topological polar surface area (TPSA) is 67.9 Å². The standard InChI is InChI=1S/C28H20Cl2F6N2O4/c1-3-5-6-12-25(27(31,32)33)20-15-17(30)8-10-22(20)38(24(40)42-25)18(4-2)11-13-26(28(34,35)36)19-14-16(29)7-9-21(19)37-23(39)41-26/h7-10,14-15,18H,3-5H2,1-2H3,(H,37,39)/t18?,25-,26-/m0/s1. The summed E-state index contributed by atoms with van der Waals surface area (Å²) in [5, 5.41) is 1.89. The number of nitrogens with zero attached hydrogens (tertiary/aromatic N) is 1. The number of carbonyl (C=O) groups is 2. The number of hydrogen-bond acceptors (Lipinski definition) is 4. The molecule has 2 heterocycles. The summed E-state index contributed by atoms with van der Waals surface area (Å²) in [6, 6.07) is 5.05. The molecule has 0 bridgehead atoms. The summed E-state index contributed by atoms with van der Waals surface area (Å²) in [6.45, 7) is 3.13. The van der Waals surface area contributed by atoms with Crippen molar-refractivity contribution < 1.29 is 45.4 Å². The number of ether oxygens (including phenoxy) is 2. The highest BCUT2D eigenvalue weighted by Gasteiger charge is 2.64. The molecule has 2 amide bonds. The minimum absolute atomic E-state index is 0.0661. The van der Waals surface area contributed by atoms with Crippen molar-refractivity contribution in [2.45, 2.75) is 62.7 Å². The first-order valence-corrected chi connectivity index (χ1v) is 13.1. The summed E-state index contributed by atoms with van der Waals surface area (Å²) in [4.78, 5) is 26.1. The molecule has 2 aromatic rings. The molecule has 4 rings (SSSR count). The van der Waals surface area contributed by atoms with Gasteiger partial charge in [0.25, 0.3) is 11.2 Å². The Hall–Kier alpha value is -3.74. The van der Waals surface area contributed by atoms with Crippen LogP contribution in [0.3, 0.4) is 0 Å². The van der Waals surface area contributed by atoms with Crippen LogP contribution in [-0.2, 0) is 20.7 Å². The Morgan fingerprint density at radius 2 is 1.50 bits per heavy atom. The van der Waals surface area contributed by atoms with E-state index >= 15 is 0 Å². The van der Waals surface area contributed by atoms with E-state index in [1.165, 1.54) is 19.1 Å². The lowest BCUT2D eigenvalue weighted by molar-refractivity contribution is -0.240. The molecule has 2 aromatic carbocycles. The van der Waals surface area contributed by atoms with Crippen molar-refractivity contribution in [3.63, 3.8) is 0 Å². The summed E-state index contributed by atoms with van der Waals surface area (Å²) in [5.41, 5.74) is -8.82. The predicted molar refractivity (Wildman–Crippen MR) is 142 cm³/mol. The van der Waals surface area contributed by atoms with Gasteiger partial charge in [0.2, 0.25) is 0 Å². The van der Waals surface area contributed by atoms with Gasteiger partial charge >= 0.3 is 24.5 Å². The molecular weight excluding hydrogens is 613 g/mol. The van der Waals surface area contributed by atoms with Crippen molar-refractivity contribution in [1.29, 1.82) is 0 Å². The third-order valence-corrected chi connectivity index (χ3v) is 6.90. The number of cyclic esters (lactones) is 2. The highest BCUT2D eigenvalue weighted by atomic mass is 35.5. The normalized spacial score (nSPS) is 22.2. The molecule has 1 N–H and O–H groups in total. The average Bonchev–Trinajstić information content (AvgIpc) is 2.89. The van der Waals surface area contributed by atoms with E-state index in [-0.39, 0.29) is 34.3 Å². The molecule has 3 atom stereocenters.